The second kappa shape index (κ2) is 3.48. The molecule has 0 atom stereocenters. The average molecular weight is 188 g/mol. The van der Waals surface area contributed by atoms with Crippen LogP contribution in [0.5, 0.6) is 0 Å². The van der Waals surface area contributed by atoms with E-state index in [1.54, 1.807) is 5.92 Å². The van der Waals surface area contributed by atoms with Crippen LogP contribution in [0.25, 0.3) is 0 Å². The monoisotopic (exact) mass is 188 g/mol. The third kappa shape index (κ3) is 3.16. The molecule has 0 heterocycles. The van der Waals surface area contributed by atoms with Crippen LogP contribution in [-0.4, -0.2) is 6.18 Å². The highest BCUT2D eigenvalue weighted by Crippen LogP contribution is 2.13. The van der Waals surface area contributed by atoms with Gasteiger partial charge in [0.1, 0.15) is 5.82 Å². The topological polar surface area (TPSA) is 0 Å². The first-order valence-electron chi connectivity index (χ1n) is 3.33. The maximum Gasteiger partial charge on any atom is 0.458 e. The summed E-state index contributed by atoms with van der Waals surface area (Å²) in [6.07, 6.45) is -4.58. The van der Waals surface area contributed by atoms with Crippen molar-refractivity contribution in [3.63, 3.8) is 0 Å². The Labute approximate surface area is 72.2 Å². The summed E-state index contributed by atoms with van der Waals surface area (Å²) >= 11 is 0. The number of halogens is 4. The highest BCUT2D eigenvalue weighted by atomic mass is 19.4. The Morgan fingerprint density at radius 2 is 1.69 bits per heavy atom. The molecule has 0 aliphatic carbocycles. The summed E-state index contributed by atoms with van der Waals surface area (Å²) in [6.45, 7) is 0. The van der Waals surface area contributed by atoms with Crippen LogP contribution in [0.1, 0.15) is 5.56 Å². The van der Waals surface area contributed by atoms with Crippen LogP contribution in [0.3, 0.4) is 0 Å². The van der Waals surface area contributed by atoms with Gasteiger partial charge >= 0.3 is 6.18 Å². The molecule has 0 nitrogen and oxygen atoms in total. The van der Waals surface area contributed by atoms with Crippen molar-refractivity contribution in [2.45, 2.75) is 6.18 Å². The lowest BCUT2D eigenvalue weighted by Crippen LogP contribution is -2.01. The summed E-state index contributed by atoms with van der Waals surface area (Å²) < 4.78 is 47.4. The summed E-state index contributed by atoms with van der Waals surface area (Å²) in [5.41, 5.74) is -0.250. The number of hydrogen-bond donors (Lipinski definition) is 0. The highest BCUT2D eigenvalue weighted by Gasteiger charge is 2.23. The zero-order valence-corrected chi connectivity index (χ0v) is 6.32. The molecule has 1 aromatic rings. The van der Waals surface area contributed by atoms with Crippen molar-refractivity contribution in [1.82, 2.24) is 0 Å². The first-order valence-corrected chi connectivity index (χ1v) is 3.33. The quantitative estimate of drug-likeness (QED) is 0.433. The van der Waals surface area contributed by atoms with Crippen LogP contribution in [0.2, 0.25) is 0 Å². The van der Waals surface area contributed by atoms with Crippen LogP contribution in [0.15, 0.2) is 24.3 Å². The van der Waals surface area contributed by atoms with Gasteiger partial charge in [-0.3, -0.25) is 0 Å². The molecule has 0 N–H and O–H groups in total. The molecule has 0 bridgehead atoms. The van der Waals surface area contributed by atoms with Gasteiger partial charge in [0, 0.05) is 5.92 Å². The van der Waals surface area contributed by atoms with Crippen molar-refractivity contribution < 1.29 is 17.6 Å². The van der Waals surface area contributed by atoms with E-state index in [0.29, 0.717) is 0 Å². The van der Waals surface area contributed by atoms with Crippen LogP contribution < -0.4 is 0 Å². The van der Waals surface area contributed by atoms with Gasteiger partial charge in [0.2, 0.25) is 0 Å². The Morgan fingerprint density at radius 1 is 1.08 bits per heavy atom. The van der Waals surface area contributed by atoms with E-state index in [1.165, 1.54) is 18.2 Å². The highest BCUT2D eigenvalue weighted by molar-refractivity contribution is 5.35. The van der Waals surface area contributed by atoms with E-state index in [1.807, 2.05) is 0 Å². The van der Waals surface area contributed by atoms with Crippen LogP contribution >= 0.6 is 0 Å². The molecular weight excluding hydrogens is 184 g/mol. The molecular formula is C9H4F4. The van der Waals surface area contributed by atoms with Crippen molar-refractivity contribution in [3.05, 3.63) is 35.6 Å². The minimum Gasteiger partial charge on any atom is -0.206 e. The largest absolute Gasteiger partial charge is 0.458 e. The van der Waals surface area contributed by atoms with Gasteiger partial charge in [-0.15, -0.1) is 0 Å². The van der Waals surface area contributed by atoms with Crippen molar-refractivity contribution in [2.75, 3.05) is 0 Å². The number of hydrogen-bond acceptors (Lipinski definition) is 0. The lowest BCUT2D eigenvalue weighted by Gasteiger charge is -1.94. The SMILES string of the molecule is Fc1ccccc1C#CC(F)(F)F. The summed E-state index contributed by atoms with van der Waals surface area (Å²) in [6, 6.07) is 5.05. The fourth-order valence-corrected chi connectivity index (χ4v) is 0.701. The molecule has 0 aliphatic rings. The predicted molar refractivity (Wildman–Crippen MR) is 39.3 cm³/mol. The van der Waals surface area contributed by atoms with Gasteiger partial charge in [-0.2, -0.15) is 13.2 Å². The molecule has 1 rings (SSSR count). The standard InChI is InChI=1S/C9H4F4/c10-8-4-2-1-3-7(8)5-6-9(11,12)13/h1-4H. The Hall–Kier alpha value is -1.50. The molecule has 68 valence electrons. The molecule has 0 spiro atoms. The molecule has 1 aromatic carbocycles. The van der Waals surface area contributed by atoms with Gasteiger partial charge in [-0.05, 0) is 12.1 Å². The summed E-state index contributed by atoms with van der Waals surface area (Å²) in [7, 11) is 0. The molecule has 0 radical (unpaired) electrons. The molecule has 0 fully saturated rings. The first-order chi connectivity index (χ1) is 5.99. The van der Waals surface area contributed by atoms with Gasteiger partial charge < -0.3 is 0 Å². The fourth-order valence-electron chi connectivity index (χ4n) is 0.701. The van der Waals surface area contributed by atoms with Crippen molar-refractivity contribution in [3.8, 4) is 11.8 Å². The van der Waals surface area contributed by atoms with E-state index in [4.69, 9.17) is 0 Å². The maximum absolute atomic E-state index is 12.7. The van der Waals surface area contributed by atoms with Crippen molar-refractivity contribution in [1.29, 1.82) is 0 Å². The van der Waals surface area contributed by atoms with E-state index in [2.05, 4.69) is 0 Å². The summed E-state index contributed by atoms with van der Waals surface area (Å²) in [5, 5.41) is 0. The zero-order chi connectivity index (χ0) is 9.90. The minimum atomic E-state index is -4.58. The Bertz CT molecular complexity index is 354. The number of benzene rings is 1. The van der Waals surface area contributed by atoms with Gasteiger partial charge in [0.05, 0.1) is 5.56 Å². The van der Waals surface area contributed by atoms with Crippen molar-refractivity contribution in [2.24, 2.45) is 0 Å². The smallest absolute Gasteiger partial charge is 0.206 e. The van der Waals surface area contributed by atoms with E-state index in [9.17, 15) is 17.6 Å². The third-order valence-corrected chi connectivity index (χ3v) is 1.21. The van der Waals surface area contributed by atoms with E-state index >= 15 is 0 Å². The van der Waals surface area contributed by atoms with E-state index < -0.39 is 12.0 Å². The van der Waals surface area contributed by atoms with Crippen LogP contribution in [0, 0.1) is 17.7 Å². The van der Waals surface area contributed by atoms with Gasteiger partial charge in [-0.25, -0.2) is 4.39 Å². The molecule has 0 saturated carbocycles. The lowest BCUT2D eigenvalue weighted by molar-refractivity contribution is -0.0696. The fraction of sp³-hybridized carbons (Fsp3) is 0.111. The van der Waals surface area contributed by atoms with Gasteiger partial charge in [0.25, 0.3) is 0 Å². The lowest BCUT2D eigenvalue weighted by atomic mass is 10.2. The molecule has 0 aliphatic heterocycles. The van der Waals surface area contributed by atoms with Crippen LogP contribution in [-0.2, 0) is 0 Å². The first kappa shape index (κ1) is 9.59. The summed E-state index contributed by atoms with van der Waals surface area (Å²) in [4.78, 5) is 0. The Balaban J connectivity index is 2.97. The summed E-state index contributed by atoms with van der Waals surface area (Å²) in [5.74, 6) is 1.94. The number of rotatable bonds is 0. The van der Waals surface area contributed by atoms with Crippen LogP contribution in [0.4, 0.5) is 17.6 Å². The molecule has 4 heteroatoms. The zero-order valence-electron chi connectivity index (χ0n) is 6.32. The second-order valence-electron chi connectivity index (χ2n) is 2.23. The van der Waals surface area contributed by atoms with E-state index in [-0.39, 0.29) is 5.56 Å². The molecule has 0 amide bonds. The van der Waals surface area contributed by atoms with Gasteiger partial charge in [0.15, 0.2) is 0 Å². The molecule has 13 heavy (non-hydrogen) atoms. The minimum absolute atomic E-state index is 0.250. The molecule has 0 unspecified atom stereocenters. The molecule has 0 aromatic heterocycles. The average Bonchev–Trinajstić information content (AvgIpc) is 2.01. The van der Waals surface area contributed by atoms with E-state index in [0.717, 1.165) is 12.0 Å². The molecule has 0 saturated heterocycles. The second-order valence-corrected chi connectivity index (χ2v) is 2.23. The van der Waals surface area contributed by atoms with Gasteiger partial charge in [-0.1, -0.05) is 18.1 Å². The third-order valence-electron chi connectivity index (χ3n) is 1.21. The Morgan fingerprint density at radius 3 is 2.23 bits per heavy atom. The maximum atomic E-state index is 12.7. The van der Waals surface area contributed by atoms with Crippen molar-refractivity contribution >= 4 is 0 Å². The predicted octanol–water partition coefficient (Wildman–Crippen LogP) is 2.74. The number of alkyl halides is 3. The Kier molecular flexibility index (Phi) is 2.57. The normalized spacial score (nSPS) is 10.5.